The van der Waals surface area contributed by atoms with Crippen LogP contribution in [0.4, 0.5) is 0 Å². The van der Waals surface area contributed by atoms with Gasteiger partial charge in [-0.2, -0.15) is 0 Å². The zero-order valence-corrected chi connectivity index (χ0v) is 9.88. The van der Waals surface area contributed by atoms with Crippen molar-refractivity contribution >= 4 is 27.4 Å². The lowest BCUT2D eigenvalue weighted by Gasteiger charge is -1.97. The molecule has 0 spiro atoms. The molecule has 0 bridgehead atoms. The summed E-state index contributed by atoms with van der Waals surface area (Å²) >= 11 is 1.53. The molecule has 3 nitrogen and oxygen atoms in total. The van der Waals surface area contributed by atoms with E-state index in [9.17, 15) is 9.90 Å². The smallest absolute Gasteiger partial charge is 0.337 e. The minimum absolute atomic E-state index is 0.341. The van der Waals surface area contributed by atoms with E-state index in [2.05, 4.69) is 4.74 Å². The van der Waals surface area contributed by atoms with E-state index < -0.39 is 6.10 Å². The molecule has 16 heavy (non-hydrogen) atoms. The molecular weight excluding hydrogens is 224 g/mol. The van der Waals surface area contributed by atoms with Crippen LogP contribution in [-0.4, -0.2) is 18.2 Å². The molecule has 0 aliphatic rings. The molecule has 4 heteroatoms. The van der Waals surface area contributed by atoms with Crippen LogP contribution in [0.1, 0.15) is 28.3 Å². The SMILES string of the molecule is COC(=O)c1ccc2sc([C@H](C)O)cc2c1. The minimum atomic E-state index is -0.473. The Labute approximate surface area is 97.3 Å². The largest absolute Gasteiger partial charge is 0.465 e. The number of benzene rings is 1. The van der Waals surface area contributed by atoms with Gasteiger partial charge in [0.2, 0.25) is 0 Å². The molecule has 2 aromatic rings. The molecule has 1 atom stereocenters. The monoisotopic (exact) mass is 236 g/mol. The maximum atomic E-state index is 11.3. The zero-order valence-electron chi connectivity index (χ0n) is 9.06. The van der Waals surface area contributed by atoms with Gasteiger partial charge in [0.1, 0.15) is 0 Å². The third-order valence-electron chi connectivity index (χ3n) is 2.37. The lowest BCUT2D eigenvalue weighted by molar-refractivity contribution is 0.0601. The third kappa shape index (κ3) is 1.94. The Morgan fingerprint density at radius 1 is 1.44 bits per heavy atom. The second-order valence-corrected chi connectivity index (χ2v) is 4.68. The van der Waals surface area contributed by atoms with Crippen LogP contribution < -0.4 is 0 Å². The van der Waals surface area contributed by atoms with Crippen LogP contribution >= 0.6 is 11.3 Å². The highest BCUT2D eigenvalue weighted by atomic mass is 32.1. The fourth-order valence-corrected chi connectivity index (χ4v) is 2.50. The summed E-state index contributed by atoms with van der Waals surface area (Å²) in [5, 5.41) is 10.4. The predicted molar refractivity (Wildman–Crippen MR) is 63.8 cm³/mol. The Balaban J connectivity index is 2.49. The number of hydrogen-bond donors (Lipinski definition) is 1. The maximum Gasteiger partial charge on any atom is 0.337 e. The van der Waals surface area contributed by atoms with Crippen molar-refractivity contribution in [2.24, 2.45) is 0 Å². The third-order valence-corrected chi connectivity index (χ3v) is 3.65. The second kappa shape index (κ2) is 4.23. The van der Waals surface area contributed by atoms with Gasteiger partial charge in [-0.05, 0) is 36.6 Å². The van der Waals surface area contributed by atoms with E-state index in [-0.39, 0.29) is 5.97 Å². The fraction of sp³-hybridized carbons (Fsp3) is 0.250. The van der Waals surface area contributed by atoms with E-state index in [1.807, 2.05) is 12.1 Å². The summed E-state index contributed by atoms with van der Waals surface area (Å²) in [7, 11) is 1.36. The summed E-state index contributed by atoms with van der Waals surface area (Å²) in [5.41, 5.74) is 0.532. The Morgan fingerprint density at radius 3 is 2.81 bits per heavy atom. The van der Waals surface area contributed by atoms with Crippen molar-refractivity contribution in [2.45, 2.75) is 13.0 Å². The molecule has 0 aliphatic heterocycles. The van der Waals surface area contributed by atoms with Gasteiger partial charge >= 0.3 is 5.97 Å². The number of fused-ring (bicyclic) bond motifs is 1. The topological polar surface area (TPSA) is 46.5 Å². The van der Waals surface area contributed by atoms with Gasteiger partial charge in [0.25, 0.3) is 0 Å². The van der Waals surface area contributed by atoms with Crippen molar-refractivity contribution < 1.29 is 14.6 Å². The highest BCUT2D eigenvalue weighted by Crippen LogP contribution is 2.30. The van der Waals surface area contributed by atoms with Gasteiger partial charge < -0.3 is 9.84 Å². The highest BCUT2D eigenvalue weighted by molar-refractivity contribution is 7.19. The number of carbonyl (C=O) groups is 1. The lowest BCUT2D eigenvalue weighted by atomic mass is 10.1. The van der Waals surface area contributed by atoms with Crippen molar-refractivity contribution in [2.75, 3.05) is 7.11 Å². The van der Waals surface area contributed by atoms with Crippen LogP contribution in [0.3, 0.4) is 0 Å². The Hall–Kier alpha value is -1.39. The Bertz CT molecular complexity index is 528. The molecule has 2 rings (SSSR count). The molecule has 1 aromatic carbocycles. The van der Waals surface area contributed by atoms with Crippen molar-refractivity contribution in [3.63, 3.8) is 0 Å². The molecule has 0 radical (unpaired) electrons. The number of ether oxygens (including phenoxy) is 1. The van der Waals surface area contributed by atoms with Crippen molar-refractivity contribution in [3.05, 3.63) is 34.7 Å². The molecule has 0 amide bonds. The molecule has 84 valence electrons. The first-order valence-corrected chi connectivity index (χ1v) is 5.73. The first kappa shape index (κ1) is 11.1. The van der Waals surface area contributed by atoms with Gasteiger partial charge in [0.05, 0.1) is 18.8 Å². The summed E-state index contributed by atoms with van der Waals surface area (Å²) in [5.74, 6) is -0.341. The summed E-state index contributed by atoms with van der Waals surface area (Å²) in [6, 6.07) is 7.29. The number of esters is 1. The number of carbonyl (C=O) groups excluding carboxylic acids is 1. The zero-order chi connectivity index (χ0) is 11.7. The van der Waals surface area contributed by atoms with Crippen molar-refractivity contribution in [1.29, 1.82) is 0 Å². The predicted octanol–water partition coefficient (Wildman–Crippen LogP) is 2.74. The number of hydrogen-bond acceptors (Lipinski definition) is 4. The summed E-state index contributed by atoms with van der Waals surface area (Å²) in [4.78, 5) is 12.2. The van der Waals surface area contributed by atoms with Crippen molar-refractivity contribution in [1.82, 2.24) is 0 Å². The van der Waals surface area contributed by atoms with Gasteiger partial charge in [-0.1, -0.05) is 0 Å². The van der Waals surface area contributed by atoms with Crippen LogP contribution in [0.2, 0.25) is 0 Å². The fourth-order valence-electron chi connectivity index (χ4n) is 1.51. The van der Waals surface area contributed by atoms with Crippen LogP contribution in [0.25, 0.3) is 10.1 Å². The number of methoxy groups -OCH3 is 1. The Morgan fingerprint density at radius 2 is 2.19 bits per heavy atom. The van der Waals surface area contributed by atoms with Gasteiger partial charge in [-0.3, -0.25) is 0 Å². The van der Waals surface area contributed by atoms with Crippen LogP contribution in [-0.2, 0) is 4.74 Å². The first-order valence-electron chi connectivity index (χ1n) is 4.91. The van der Waals surface area contributed by atoms with E-state index in [1.165, 1.54) is 18.4 Å². The number of aliphatic hydroxyl groups excluding tert-OH is 1. The standard InChI is InChI=1S/C12H12O3S/c1-7(13)11-6-9-5-8(12(14)15-2)3-4-10(9)16-11/h3-7,13H,1-2H3/t7-/m0/s1. The molecule has 0 unspecified atom stereocenters. The van der Waals surface area contributed by atoms with E-state index in [4.69, 9.17) is 0 Å². The van der Waals surface area contributed by atoms with Gasteiger partial charge in [0.15, 0.2) is 0 Å². The molecule has 0 fully saturated rings. The second-order valence-electron chi connectivity index (χ2n) is 3.57. The Kier molecular flexibility index (Phi) is 2.94. The van der Waals surface area contributed by atoms with Crippen LogP contribution in [0.5, 0.6) is 0 Å². The van der Waals surface area contributed by atoms with Crippen LogP contribution in [0.15, 0.2) is 24.3 Å². The maximum absolute atomic E-state index is 11.3. The quantitative estimate of drug-likeness (QED) is 0.815. The van der Waals surface area contributed by atoms with Gasteiger partial charge in [-0.25, -0.2) is 4.79 Å². The number of rotatable bonds is 2. The number of aliphatic hydroxyl groups is 1. The average Bonchev–Trinajstić information content (AvgIpc) is 2.70. The van der Waals surface area contributed by atoms with E-state index in [1.54, 1.807) is 19.1 Å². The molecule has 0 saturated heterocycles. The van der Waals surface area contributed by atoms with E-state index >= 15 is 0 Å². The number of thiophene rings is 1. The molecule has 0 saturated carbocycles. The van der Waals surface area contributed by atoms with E-state index in [0.717, 1.165) is 15.0 Å². The first-order chi connectivity index (χ1) is 7.61. The summed E-state index contributed by atoms with van der Waals surface area (Å²) in [6.07, 6.45) is -0.473. The molecular formula is C12H12O3S. The van der Waals surface area contributed by atoms with E-state index in [0.29, 0.717) is 5.56 Å². The molecule has 1 heterocycles. The minimum Gasteiger partial charge on any atom is -0.465 e. The average molecular weight is 236 g/mol. The molecule has 0 aliphatic carbocycles. The molecule has 1 N–H and O–H groups in total. The van der Waals surface area contributed by atoms with Crippen LogP contribution in [0, 0.1) is 0 Å². The molecule has 1 aromatic heterocycles. The highest BCUT2D eigenvalue weighted by Gasteiger charge is 2.10. The van der Waals surface area contributed by atoms with Gasteiger partial charge in [0, 0.05) is 9.58 Å². The normalized spacial score (nSPS) is 12.7. The van der Waals surface area contributed by atoms with Gasteiger partial charge in [-0.15, -0.1) is 11.3 Å². The summed E-state index contributed by atoms with van der Waals surface area (Å²) in [6.45, 7) is 1.73. The summed E-state index contributed by atoms with van der Waals surface area (Å²) < 4.78 is 5.71. The van der Waals surface area contributed by atoms with Crippen molar-refractivity contribution in [3.8, 4) is 0 Å². The lowest BCUT2D eigenvalue weighted by Crippen LogP contribution is -1.99.